The zero-order valence-electron chi connectivity index (χ0n) is 18.8. The van der Waals surface area contributed by atoms with Crippen LogP contribution in [0.3, 0.4) is 0 Å². The molecule has 2 saturated heterocycles. The van der Waals surface area contributed by atoms with Gasteiger partial charge in [0, 0.05) is 44.8 Å². The maximum absolute atomic E-state index is 4.89. The molecule has 0 atom stereocenters. The molecule has 0 unspecified atom stereocenters. The van der Waals surface area contributed by atoms with Gasteiger partial charge >= 0.3 is 0 Å². The number of rotatable bonds is 9. The second-order valence-electron chi connectivity index (χ2n) is 8.83. The summed E-state index contributed by atoms with van der Waals surface area (Å²) in [5, 5.41) is 6.94. The number of hydrogen-bond donors (Lipinski definition) is 2. The summed E-state index contributed by atoms with van der Waals surface area (Å²) in [5.74, 6) is 0.974. The molecule has 166 valence electrons. The van der Waals surface area contributed by atoms with Crippen molar-refractivity contribution in [3.63, 3.8) is 0 Å². The number of likely N-dealkylation sites (tertiary alicyclic amines) is 1. The topological polar surface area (TPSA) is 46.1 Å². The molecule has 7 heteroatoms. The number of nitrogens with one attached hydrogen (secondary N) is 2. The minimum absolute atomic E-state index is 0. The predicted molar refractivity (Wildman–Crippen MR) is 132 cm³/mol. The fraction of sp³-hybridized carbons (Fsp3) is 0.952. The summed E-state index contributed by atoms with van der Waals surface area (Å²) in [6.07, 6.45) is 6.51. The quantitative estimate of drug-likeness (QED) is 0.217. The van der Waals surface area contributed by atoms with Crippen LogP contribution in [0.5, 0.6) is 0 Å². The molecule has 0 aliphatic carbocycles. The lowest BCUT2D eigenvalue weighted by Gasteiger charge is -2.40. The van der Waals surface area contributed by atoms with E-state index in [0.29, 0.717) is 0 Å². The van der Waals surface area contributed by atoms with E-state index in [9.17, 15) is 0 Å². The molecule has 2 rings (SSSR count). The average molecular weight is 509 g/mol. The molecule has 0 aromatic heterocycles. The van der Waals surface area contributed by atoms with Gasteiger partial charge in [-0.05, 0) is 73.1 Å². The lowest BCUT2D eigenvalue weighted by atomic mass is 9.99. The fourth-order valence-electron chi connectivity index (χ4n) is 3.95. The van der Waals surface area contributed by atoms with Gasteiger partial charge < -0.3 is 20.4 Å². The van der Waals surface area contributed by atoms with Gasteiger partial charge in [0.15, 0.2) is 5.96 Å². The van der Waals surface area contributed by atoms with Gasteiger partial charge in [0.2, 0.25) is 0 Å². The Morgan fingerprint density at radius 2 is 1.61 bits per heavy atom. The maximum atomic E-state index is 4.89. The molecule has 0 aromatic rings. The van der Waals surface area contributed by atoms with Crippen LogP contribution in [-0.4, -0.2) is 98.7 Å². The van der Waals surface area contributed by atoms with Crippen LogP contribution in [-0.2, 0) is 0 Å². The van der Waals surface area contributed by atoms with Crippen molar-refractivity contribution < 1.29 is 0 Å². The van der Waals surface area contributed by atoms with E-state index in [1.165, 1.54) is 77.9 Å². The van der Waals surface area contributed by atoms with Gasteiger partial charge in [-0.25, -0.2) is 0 Å². The molecular weight excluding hydrogens is 463 g/mol. The summed E-state index contributed by atoms with van der Waals surface area (Å²) < 4.78 is 0. The Morgan fingerprint density at radius 1 is 0.929 bits per heavy atom. The first-order valence-electron chi connectivity index (χ1n) is 11.2. The molecule has 0 radical (unpaired) electrons. The monoisotopic (exact) mass is 508 g/mol. The number of halogens is 1. The van der Waals surface area contributed by atoms with Crippen LogP contribution in [0.25, 0.3) is 0 Å². The largest absolute Gasteiger partial charge is 0.357 e. The van der Waals surface area contributed by atoms with Crippen LogP contribution in [0.15, 0.2) is 4.99 Å². The average Bonchev–Trinajstić information content (AvgIpc) is 2.68. The molecule has 28 heavy (non-hydrogen) atoms. The minimum Gasteiger partial charge on any atom is -0.357 e. The third-order valence-corrected chi connectivity index (χ3v) is 5.97. The highest BCUT2D eigenvalue weighted by atomic mass is 127. The third kappa shape index (κ3) is 9.59. The number of piperidine rings is 1. The van der Waals surface area contributed by atoms with E-state index in [4.69, 9.17) is 4.99 Å². The smallest absolute Gasteiger partial charge is 0.191 e. The number of likely N-dealkylation sites (N-methyl/N-ethyl adjacent to an activating group) is 1. The predicted octanol–water partition coefficient (Wildman–Crippen LogP) is 2.45. The Morgan fingerprint density at radius 3 is 2.25 bits per heavy atom. The normalized spacial score (nSPS) is 20.6. The molecule has 0 aromatic carbocycles. The maximum Gasteiger partial charge on any atom is 0.191 e. The molecule has 2 aliphatic rings. The molecule has 0 amide bonds. The SMILES string of the molecule is CCNC(=NCC(C)(C)N1CCCCC1)NCCCCN1CCN(C)CC1.I. The first kappa shape index (κ1) is 25.9. The molecule has 2 N–H and O–H groups in total. The molecule has 0 spiro atoms. The summed E-state index contributed by atoms with van der Waals surface area (Å²) in [7, 11) is 2.22. The highest BCUT2D eigenvalue weighted by Crippen LogP contribution is 2.20. The summed E-state index contributed by atoms with van der Waals surface area (Å²) in [5.41, 5.74) is 0.143. The van der Waals surface area contributed by atoms with Crippen molar-refractivity contribution in [2.45, 2.75) is 58.4 Å². The Balaban J connectivity index is 0.00000392. The summed E-state index contributed by atoms with van der Waals surface area (Å²) >= 11 is 0. The highest BCUT2D eigenvalue weighted by molar-refractivity contribution is 14.0. The minimum atomic E-state index is 0. The van der Waals surface area contributed by atoms with E-state index in [-0.39, 0.29) is 29.5 Å². The first-order chi connectivity index (χ1) is 13.0. The molecule has 2 fully saturated rings. The van der Waals surface area contributed by atoms with Gasteiger partial charge in [-0.3, -0.25) is 9.89 Å². The lowest BCUT2D eigenvalue weighted by Crippen LogP contribution is -2.49. The lowest BCUT2D eigenvalue weighted by molar-refractivity contribution is 0.102. The van der Waals surface area contributed by atoms with Crippen molar-refractivity contribution in [2.75, 3.05) is 72.5 Å². The van der Waals surface area contributed by atoms with Gasteiger partial charge in [0.1, 0.15) is 0 Å². The van der Waals surface area contributed by atoms with Gasteiger partial charge in [-0.1, -0.05) is 6.42 Å². The molecule has 0 bridgehead atoms. The Kier molecular flexibility index (Phi) is 12.9. The number of hydrogen-bond acceptors (Lipinski definition) is 4. The summed E-state index contributed by atoms with van der Waals surface area (Å²) in [4.78, 5) is 12.5. The van der Waals surface area contributed by atoms with Crippen molar-refractivity contribution in [2.24, 2.45) is 4.99 Å². The molecule has 0 saturated carbocycles. The van der Waals surface area contributed by atoms with E-state index in [0.717, 1.165) is 25.6 Å². The van der Waals surface area contributed by atoms with Crippen LogP contribution < -0.4 is 10.6 Å². The molecule has 2 aliphatic heterocycles. The first-order valence-corrected chi connectivity index (χ1v) is 11.2. The second kappa shape index (κ2) is 14.0. The summed E-state index contributed by atoms with van der Waals surface area (Å²) in [6.45, 7) is 18.1. The summed E-state index contributed by atoms with van der Waals surface area (Å²) in [6, 6.07) is 0. The van der Waals surface area contributed by atoms with E-state index < -0.39 is 0 Å². The van der Waals surface area contributed by atoms with Crippen LogP contribution in [0, 0.1) is 0 Å². The zero-order chi connectivity index (χ0) is 19.5. The molecule has 2 heterocycles. The standard InChI is InChI=1S/C21H44N6.HI/c1-5-22-20(24-19-21(2,3)27-13-8-6-9-14-27)23-11-7-10-12-26-17-15-25(4)16-18-26;/h5-19H2,1-4H3,(H2,22,23,24);1H. The van der Waals surface area contributed by atoms with Gasteiger partial charge in [-0.15, -0.1) is 24.0 Å². The Hall–Kier alpha value is -0.120. The zero-order valence-corrected chi connectivity index (χ0v) is 21.1. The van der Waals surface area contributed by atoms with Gasteiger partial charge in [0.25, 0.3) is 0 Å². The second-order valence-corrected chi connectivity index (χ2v) is 8.83. The molecule has 6 nitrogen and oxygen atoms in total. The van der Waals surface area contributed by atoms with E-state index >= 15 is 0 Å². The number of piperazine rings is 1. The van der Waals surface area contributed by atoms with Crippen molar-refractivity contribution in [1.82, 2.24) is 25.3 Å². The van der Waals surface area contributed by atoms with E-state index in [1.807, 2.05) is 0 Å². The van der Waals surface area contributed by atoms with Crippen molar-refractivity contribution in [3.05, 3.63) is 0 Å². The van der Waals surface area contributed by atoms with E-state index in [1.54, 1.807) is 0 Å². The Labute approximate surface area is 190 Å². The van der Waals surface area contributed by atoms with E-state index in [2.05, 4.69) is 53.2 Å². The van der Waals surface area contributed by atoms with Crippen molar-refractivity contribution in [3.8, 4) is 0 Å². The van der Waals surface area contributed by atoms with Crippen molar-refractivity contribution in [1.29, 1.82) is 0 Å². The van der Waals surface area contributed by atoms with Crippen LogP contribution in [0.2, 0.25) is 0 Å². The number of nitrogens with zero attached hydrogens (tertiary/aromatic N) is 4. The van der Waals surface area contributed by atoms with Crippen LogP contribution >= 0.6 is 24.0 Å². The highest BCUT2D eigenvalue weighted by Gasteiger charge is 2.27. The third-order valence-electron chi connectivity index (χ3n) is 5.97. The van der Waals surface area contributed by atoms with Gasteiger partial charge in [-0.2, -0.15) is 0 Å². The molecular formula is C21H45IN6. The Bertz CT molecular complexity index is 429. The van der Waals surface area contributed by atoms with Crippen molar-refractivity contribution >= 4 is 29.9 Å². The van der Waals surface area contributed by atoms with Crippen LogP contribution in [0.4, 0.5) is 0 Å². The number of aliphatic imine (C=N–C) groups is 1. The van der Waals surface area contributed by atoms with Crippen LogP contribution in [0.1, 0.15) is 52.9 Å². The fourth-order valence-corrected chi connectivity index (χ4v) is 3.95. The number of unbranched alkanes of at least 4 members (excludes halogenated alkanes) is 1. The van der Waals surface area contributed by atoms with Gasteiger partial charge in [0.05, 0.1) is 6.54 Å². The number of guanidine groups is 1.